The van der Waals surface area contributed by atoms with Gasteiger partial charge < -0.3 is 15.0 Å². The molecule has 1 fully saturated rings. The smallest absolute Gasteiger partial charge is 0.260 e. The summed E-state index contributed by atoms with van der Waals surface area (Å²) >= 11 is 0. The van der Waals surface area contributed by atoms with E-state index < -0.39 is 17.4 Å². The monoisotopic (exact) mass is 298 g/mol. The Labute approximate surface area is 123 Å². The molecule has 0 saturated carbocycles. The number of likely N-dealkylation sites (tertiary alicyclic amines) is 1. The quantitative estimate of drug-likeness (QED) is 0.905. The molecule has 0 unspecified atom stereocenters. The van der Waals surface area contributed by atoms with Gasteiger partial charge in [-0.1, -0.05) is 0 Å². The van der Waals surface area contributed by atoms with Crippen molar-refractivity contribution in [2.75, 3.05) is 26.7 Å². The van der Waals surface area contributed by atoms with E-state index in [9.17, 15) is 13.6 Å². The second kappa shape index (κ2) is 7.36. The van der Waals surface area contributed by atoms with Crippen LogP contribution in [-0.2, 0) is 11.3 Å². The maximum Gasteiger partial charge on any atom is 0.260 e. The van der Waals surface area contributed by atoms with Gasteiger partial charge in [0.2, 0.25) is 0 Å². The second-order valence-electron chi connectivity index (χ2n) is 5.15. The standard InChI is InChI=1S/C15H20F2N2O2/c1-18-9-11-7-12(16)15(13(17)8-11)21-10-14(20)19-5-3-2-4-6-19/h7-8,18H,2-6,9-10H2,1H3. The fourth-order valence-corrected chi connectivity index (χ4v) is 2.42. The summed E-state index contributed by atoms with van der Waals surface area (Å²) in [5.74, 6) is -2.29. The molecule has 1 aliphatic rings. The average molecular weight is 298 g/mol. The molecule has 1 aromatic rings. The van der Waals surface area contributed by atoms with Crippen LogP contribution in [0.5, 0.6) is 5.75 Å². The maximum absolute atomic E-state index is 13.8. The Morgan fingerprint density at radius 3 is 2.43 bits per heavy atom. The summed E-state index contributed by atoms with van der Waals surface area (Å²) in [5.41, 5.74) is 0.488. The Balaban J connectivity index is 1.97. The molecule has 1 N–H and O–H groups in total. The number of hydrogen-bond donors (Lipinski definition) is 1. The van der Waals surface area contributed by atoms with Crippen LogP contribution in [-0.4, -0.2) is 37.6 Å². The molecular weight excluding hydrogens is 278 g/mol. The third-order valence-corrected chi connectivity index (χ3v) is 3.49. The van der Waals surface area contributed by atoms with E-state index >= 15 is 0 Å². The summed E-state index contributed by atoms with van der Waals surface area (Å²) < 4.78 is 32.7. The lowest BCUT2D eigenvalue weighted by molar-refractivity contribution is -0.134. The van der Waals surface area contributed by atoms with Gasteiger partial charge in [-0.05, 0) is 44.0 Å². The van der Waals surface area contributed by atoms with Crippen molar-refractivity contribution < 1.29 is 18.3 Å². The highest BCUT2D eigenvalue weighted by molar-refractivity contribution is 5.77. The first-order valence-electron chi connectivity index (χ1n) is 7.15. The highest BCUT2D eigenvalue weighted by atomic mass is 19.1. The van der Waals surface area contributed by atoms with Crippen LogP contribution in [0.25, 0.3) is 0 Å². The molecule has 1 heterocycles. The van der Waals surface area contributed by atoms with Gasteiger partial charge in [-0.15, -0.1) is 0 Å². The van der Waals surface area contributed by atoms with Gasteiger partial charge in [0, 0.05) is 19.6 Å². The van der Waals surface area contributed by atoms with Gasteiger partial charge in [0.05, 0.1) is 0 Å². The van der Waals surface area contributed by atoms with Crippen LogP contribution in [0.1, 0.15) is 24.8 Å². The number of nitrogens with zero attached hydrogens (tertiary/aromatic N) is 1. The summed E-state index contributed by atoms with van der Waals surface area (Å²) in [6.07, 6.45) is 3.04. The van der Waals surface area contributed by atoms with Crippen LogP contribution < -0.4 is 10.1 Å². The van der Waals surface area contributed by atoms with Crippen molar-refractivity contribution in [3.8, 4) is 5.75 Å². The van der Waals surface area contributed by atoms with Crippen molar-refractivity contribution in [2.24, 2.45) is 0 Å². The van der Waals surface area contributed by atoms with E-state index in [0.717, 1.165) is 19.3 Å². The van der Waals surface area contributed by atoms with Gasteiger partial charge in [-0.3, -0.25) is 4.79 Å². The minimum absolute atomic E-state index is 0.229. The van der Waals surface area contributed by atoms with E-state index in [4.69, 9.17) is 4.74 Å². The largest absolute Gasteiger partial charge is 0.478 e. The molecule has 0 radical (unpaired) electrons. The number of benzene rings is 1. The highest BCUT2D eigenvalue weighted by Gasteiger charge is 2.19. The molecule has 0 bridgehead atoms. The molecule has 1 amide bonds. The minimum Gasteiger partial charge on any atom is -0.478 e. The van der Waals surface area contributed by atoms with Gasteiger partial charge >= 0.3 is 0 Å². The Hall–Kier alpha value is -1.69. The molecule has 0 aromatic heterocycles. The van der Waals surface area contributed by atoms with Crippen LogP contribution in [0, 0.1) is 11.6 Å². The van der Waals surface area contributed by atoms with Crippen LogP contribution in [0.4, 0.5) is 8.78 Å². The van der Waals surface area contributed by atoms with E-state index in [1.54, 1.807) is 11.9 Å². The van der Waals surface area contributed by atoms with E-state index in [0.29, 0.717) is 25.2 Å². The van der Waals surface area contributed by atoms with Crippen LogP contribution in [0.15, 0.2) is 12.1 Å². The van der Waals surface area contributed by atoms with Crippen molar-refractivity contribution in [1.82, 2.24) is 10.2 Å². The first-order chi connectivity index (χ1) is 10.1. The number of rotatable bonds is 5. The Kier molecular flexibility index (Phi) is 5.50. The van der Waals surface area contributed by atoms with Gasteiger partial charge in [0.15, 0.2) is 24.0 Å². The van der Waals surface area contributed by atoms with E-state index in [-0.39, 0.29) is 12.5 Å². The predicted molar refractivity (Wildman–Crippen MR) is 75.0 cm³/mol. The Morgan fingerprint density at radius 1 is 1.24 bits per heavy atom. The topological polar surface area (TPSA) is 41.6 Å². The molecule has 4 nitrogen and oxygen atoms in total. The Bertz CT molecular complexity index is 479. The van der Waals surface area contributed by atoms with Crippen molar-refractivity contribution in [3.63, 3.8) is 0 Å². The summed E-state index contributed by atoms with van der Waals surface area (Å²) in [5, 5.41) is 2.82. The number of piperidine rings is 1. The SMILES string of the molecule is CNCc1cc(F)c(OCC(=O)N2CCCCC2)c(F)c1. The minimum atomic E-state index is -0.785. The van der Waals surface area contributed by atoms with Gasteiger partial charge in [-0.25, -0.2) is 8.78 Å². The third kappa shape index (κ3) is 4.14. The third-order valence-electron chi connectivity index (χ3n) is 3.49. The second-order valence-corrected chi connectivity index (χ2v) is 5.15. The lowest BCUT2D eigenvalue weighted by atomic mass is 10.1. The lowest BCUT2D eigenvalue weighted by Gasteiger charge is -2.26. The van der Waals surface area contributed by atoms with Crippen molar-refractivity contribution in [3.05, 3.63) is 29.3 Å². The van der Waals surface area contributed by atoms with Gasteiger partial charge in [0.1, 0.15) is 0 Å². The number of halogens is 2. The zero-order valence-electron chi connectivity index (χ0n) is 12.1. The fourth-order valence-electron chi connectivity index (χ4n) is 2.42. The van der Waals surface area contributed by atoms with Gasteiger partial charge in [0.25, 0.3) is 5.91 Å². The first kappa shape index (κ1) is 15.7. The molecule has 2 rings (SSSR count). The molecule has 0 spiro atoms. The zero-order valence-corrected chi connectivity index (χ0v) is 12.1. The van der Waals surface area contributed by atoms with Gasteiger partial charge in [-0.2, -0.15) is 0 Å². The van der Waals surface area contributed by atoms with E-state index in [1.165, 1.54) is 12.1 Å². The highest BCUT2D eigenvalue weighted by Crippen LogP contribution is 2.23. The van der Waals surface area contributed by atoms with E-state index in [1.807, 2.05) is 0 Å². The molecule has 0 aliphatic carbocycles. The molecule has 0 atom stereocenters. The summed E-state index contributed by atoms with van der Waals surface area (Å²) in [6.45, 7) is 1.41. The zero-order chi connectivity index (χ0) is 15.2. The molecule has 1 aromatic carbocycles. The average Bonchev–Trinajstić information content (AvgIpc) is 2.47. The van der Waals surface area contributed by atoms with Crippen molar-refractivity contribution in [1.29, 1.82) is 0 Å². The number of ether oxygens (including phenoxy) is 1. The summed E-state index contributed by atoms with van der Waals surface area (Å²) in [4.78, 5) is 13.6. The molecule has 21 heavy (non-hydrogen) atoms. The van der Waals surface area contributed by atoms with Crippen LogP contribution >= 0.6 is 0 Å². The first-order valence-corrected chi connectivity index (χ1v) is 7.15. The number of hydrogen-bond acceptors (Lipinski definition) is 3. The molecular formula is C15H20F2N2O2. The van der Waals surface area contributed by atoms with Crippen LogP contribution in [0.3, 0.4) is 0 Å². The molecule has 116 valence electrons. The molecule has 1 aliphatic heterocycles. The Morgan fingerprint density at radius 2 is 1.86 bits per heavy atom. The van der Waals surface area contributed by atoms with Crippen LogP contribution in [0.2, 0.25) is 0 Å². The van der Waals surface area contributed by atoms with Crippen molar-refractivity contribution >= 4 is 5.91 Å². The number of nitrogens with one attached hydrogen (secondary N) is 1. The maximum atomic E-state index is 13.8. The molecule has 6 heteroatoms. The van der Waals surface area contributed by atoms with Crippen molar-refractivity contribution in [2.45, 2.75) is 25.8 Å². The number of amides is 1. The lowest BCUT2D eigenvalue weighted by Crippen LogP contribution is -2.38. The number of carbonyl (C=O) groups is 1. The predicted octanol–water partition coefficient (Wildman–Crippen LogP) is 2.08. The number of carbonyl (C=O) groups excluding carboxylic acids is 1. The normalized spacial score (nSPS) is 15.1. The summed E-state index contributed by atoms with van der Waals surface area (Å²) in [6, 6.07) is 2.42. The fraction of sp³-hybridized carbons (Fsp3) is 0.533. The van der Waals surface area contributed by atoms with E-state index in [2.05, 4.69) is 5.32 Å². The molecule has 1 saturated heterocycles. The summed E-state index contributed by atoms with van der Waals surface area (Å²) in [7, 11) is 1.69.